The van der Waals surface area contributed by atoms with E-state index in [1.54, 1.807) is 0 Å². The maximum absolute atomic E-state index is 12.3. The van der Waals surface area contributed by atoms with Crippen molar-refractivity contribution >= 4 is 11.6 Å². The van der Waals surface area contributed by atoms with Crippen molar-refractivity contribution in [2.75, 3.05) is 0 Å². The summed E-state index contributed by atoms with van der Waals surface area (Å²) in [5.74, 6) is 1.46. The second-order valence-corrected chi connectivity index (χ2v) is 9.09. The number of carbonyl (C=O) groups excluding carboxylic acids is 2. The molecule has 0 saturated heterocycles. The molecule has 2 aromatic rings. The lowest BCUT2D eigenvalue weighted by molar-refractivity contribution is -0.127. The molecular formula is C27H32O2. The highest BCUT2D eigenvalue weighted by atomic mass is 16.1. The van der Waals surface area contributed by atoms with E-state index >= 15 is 0 Å². The maximum Gasteiger partial charge on any atom is 0.140 e. The third-order valence-corrected chi connectivity index (χ3v) is 6.95. The van der Waals surface area contributed by atoms with E-state index in [1.807, 2.05) is 0 Å². The first-order valence-electron chi connectivity index (χ1n) is 11.3. The highest BCUT2D eigenvalue weighted by molar-refractivity contribution is 5.99. The number of hydrogen-bond acceptors (Lipinski definition) is 2. The van der Waals surface area contributed by atoms with E-state index < -0.39 is 0 Å². The van der Waals surface area contributed by atoms with Gasteiger partial charge in [0.15, 0.2) is 0 Å². The van der Waals surface area contributed by atoms with Gasteiger partial charge in [0.05, 0.1) is 6.42 Å². The highest BCUT2D eigenvalue weighted by Gasteiger charge is 2.21. The molecule has 2 atom stereocenters. The molecule has 152 valence electrons. The van der Waals surface area contributed by atoms with Gasteiger partial charge in [-0.1, -0.05) is 48.5 Å². The van der Waals surface area contributed by atoms with Gasteiger partial charge < -0.3 is 0 Å². The lowest BCUT2D eigenvalue weighted by atomic mass is 9.80. The van der Waals surface area contributed by atoms with E-state index in [1.165, 1.54) is 35.1 Å². The van der Waals surface area contributed by atoms with E-state index in [0.717, 1.165) is 38.5 Å². The van der Waals surface area contributed by atoms with E-state index in [9.17, 15) is 9.59 Å². The van der Waals surface area contributed by atoms with Crippen molar-refractivity contribution < 1.29 is 9.59 Å². The Morgan fingerprint density at radius 2 is 1.07 bits per heavy atom. The highest BCUT2D eigenvalue weighted by Crippen LogP contribution is 2.29. The minimum atomic E-state index is 0.142. The van der Waals surface area contributed by atoms with Crippen LogP contribution in [0.5, 0.6) is 0 Å². The van der Waals surface area contributed by atoms with Crippen LogP contribution in [0.1, 0.15) is 67.2 Å². The molecule has 2 heteroatoms. The van der Waals surface area contributed by atoms with Crippen LogP contribution in [-0.2, 0) is 35.3 Å². The summed E-state index contributed by atoms with van der Waals surface area (Å²) >= 11 is 0. The average Bonchev–Trinajstić information content (AvgIpc) is 2.76. The van der Waals surface area contributed by atoms with E-state index in [-0.39, 0.29) is 18.0 Å². The molecule has 0 aromatic heterocycles. The van der Waals surface area contributed by atoms with Crippen molar-refractivity contribution in [2.45, 2.75) is 70.6 Å². The fourth-order valence-corrected chi connectivity index (χ4v) is 5.17. The van der Waals surface area contributed by atoms with Crippen molar-refractivity contribution in [1.82, 2.24) is 0 Å². The van der Waals surface area contributed by atoms with Crippen molar-refractivity contribution in [3.8, 4) is 0 Å². The first-order chi connectivity index (χ1) is 14.2. The fraction of sp³-hybridized carbons (Fsp3) is 0.481. The monoisotopic (exact) mass is 388 g/mol. The predicted octanol–water partition coefficient (Wildman–Crippen LogP) is 5.69. The quantitative estimate of drug-likeness (QED) is 0.545. The first kappa shape index (κ1) is 20.1. The van der Waals surface area contributed by atoms with Crippen LogP contribution >= 0.6 is 0 Å². The molecule has 0 spiro atoms. The number of aryl methyl sites for hydroxylation is 2. The Hall–Kier alpha value is -2.22. The molecule has 0 fully saturated rings. The minimum Gasteiger partial charge on any atom is -0.299 e. The number of fused-ring (bicyclic) bond motifs is 2. The van der Waals surface area contributed by atoms with Crippen LogP contribution in [0.25, 0.3) is 0 Å². The summed E-state index contributed by atoms with van der Waals surface area (Å²) in [5, 5.41) is 0. The number of hydrogen-bond donors (Lipinski definition) is 0. The summed E-state index contributed by atoms with van der Waals surface area (Å²) in [6.45, 7) is 0. The largest absolute Gasteiger partial charge is 0.299 e. The number of rotatable bonds is 8. The summed E-state index contributed by atoms with van der Waals surface area (Å²) in [6.07, 6.45) is 9.89. The lowest BCUT2D eigenvalue weighted by Crippen LogP contribution is -2.17. The molecule has 0 bridgehead atoms. The third kappa shape index (κ3) is 5.44. The molecule has 0 N–H and O–H groups in total. The summed E-state index contributed by atoms with van der Waals surface area (Å²) in [6, 6.07) is 17.3. The second-order valence-electron chi connectivity index (χ2n) is 9.09. The molecular weight excluding hydrogens is 356 g/mol. The van der Waals surface area contributed by atoms with Gasteiger partial charge in [-0.2, -0.15) is 0 Å². The Labute approximate surface area is 174 Å². The molecule has 2 aliphatic carbocycles. The number of Topliss-reactive ketones (excluding diaryl/α,β-unsaturated/α-hetero) is 2. The summed E-state index contributed by atoms with van der Waals surface area (Å²) in [7, 11) is 0. The van der Waals surface area contributed by atoms with Crippen molar-refractivity contribution in [1.29, 1.82) is 0 Å². The van der Waals surface area contributed by atoms with Gasteiger partial charge in [-0.25, -0.2) is 0 Å². The lowest BCUT2D eigenvalue weighted by Gasteiger charge is -2.24. The number of ketones is 2. The first-order valence-corrected chi connectivity index (χ1v) is 11.3. The van der Waals surface area contributed by atoms with Gasteiger partial charge in [0.1, 0.15) is 11.6 Å². The molecule has 2 aromatic carbocycles. The Bertz CT molecular complexity index is 795. The summed E-state index contributed by atoms with van der Waals surface area (Å²) in [5.41, 5.74) is 5.83. The van der Waals surface area contributed by atoms with Crippen LogP contribution in [0.2, 0.25) is 0 Å². The van der Waals surface area contributed by atoms with Crippen LogP contribution in [0.3, 0.4) is 0 Å². The summed E-state index contributed by atoms with van der Waals surface area (Å²) in [4.78, 5) is 24.7. The van der Waals surface area contributed by atoms with Gasteiger partial charge in [0, 0.05) is 12.8 Å². The predicted molar refractivity (Wildman–Crippen MR) is 117 cm³/mol. The zero-order valence-electron chi connectivity index (χ0n) is 17.4. The van der Waals surface area contributed by atoms with Crippen LogP contribution in [0.15, 0.2) is 48.5 Å². The van der Waals surface area contributed by atoms with Gasteiger partial charge in [0.2, 0.25) is 0 Å². The molecule has 0 heterocycles. The van der Waals surface area contributed by atoms with Gasteiger partial charge in [-0.15, -0.1) is 0 Å². The van der Waals surface area contributed by atoms with E-state index in [2.05, 4.69) is 48.5 Å². The molecule has 0 saturated carbocycles. The minimum absolute atomic E-state index is 0.142. The van der Waals surface area contributed by atoms with Crippen LogP contribution < -0.4 is 0 Å². The SMILES string of the molecule is O=C(CCC1CCc2ccccc2C1)CC(=O)CCC1CCc2ccccc2C1. The zero-order chi connectivity index (χ0) is 20.1. The molecule has 0 aliphatic heterocycles. The summed E-state index contributed by atoms with van der Waals surface area (Å²) < 4.78 is 0. The van der Waals surface area contributed by atoms with Gasteiger partial charge in [0.25, 0.3) is 0 Å². The smallest absolute Gasteiger partial charge is 0.140 e. The number of benzene rings is 2. The Kier molecular flexibility index (Phi) is 6.59. The fourth-order valence-electron chi connectivity index (χ4n) is 5.17. The molecule has 0 radical (unpaired) electrons. The van der Waals surface area contributed by atoms with Gasteiger partial charge in [-0.3, -0.25) is 9.59 Å². The van der Waals surface area contributed by atoms with Gasteiger partial charge >= 0.3 is 0 Å². The van der Waals surface area contributed by atoms with Crippen LogP contribution in [0.4, 0.5) is 0 Å². The Morgan fingerprint density at radius 1 is 0.655 bits per heavy atom. The van der Waals surface area contributed by atoms with Crippen molar-refractivity contribution in [2.24, 2.45) is 11.8 Å². The normalized spacial score (nSPS) is 20.6. The van der Waals surface area contributed by atoms with Gasteiger partial charge in [-0.05, 0) is 85.5 Å². The van der Waals surface area contributed by atoms with E-state index in [4.69, 9.17) is 0 Å². The second kappa shape index (κ2) is 9.52. The molecule has 2 unspecified atom stereocenters. The standard InChI is InChI=1S/C27H32O2/c28-26(15-11-20-9-13-22-5-1-3-7-24(22)17-20)19-27(29)16-12-21-10-14-23-6-2-4-8-25(23)18-21/h1-8,20-21H,9-19H2. The topological polar surface area (TPSA) is 34.1 Å². The molecule has 2 aliphatic rings. The third-order valence-electron chi connectivity index (χ3n) is 6.95. The molecule has 2 nitrogen and oxygen atoms in total. The van der Waals surface area contributed by atoms with Crippen LogP contribution in [-0.4, -0.2) is 11.6 Å². The number of carbonyl (C=O) groups is 2. The maximum atomic E-state index is 12.3. The van der Waals surface area contributed by atoms with Crippen molar-refractivity contribution in [3.05, 3.63) is 70.8 Å². The van der Waals surface area contributed by atoms with Crippen molar-refractivity contribution in [3.63, 3.8) is 0 Å². The zero-order valence-corrected chi connectivity index (χ0v) is 17.4. The molecule has 0 amide bonds. The van der Waals surface area contributed by atoms with E-state index in [0.29, 0.717) is 24.7 Å². The average molecular weight is 389 g/mol. The molecule has 29 heavy (non-hydrogen) atoms. The molecule has 4 rings (SSSR count). The van der Waals surface area contributed by atoms with Crippen LogP contribution in [0, 0.1) is 11.8 Å². The Morgan fingerprint density at radius 3 is 1.52 bits per heavy atom. The Balaban J connectivity index is 1.15.